The van der Waals surface area contributed by atoms with Crippen LogP contribution in [-0.2, 0) is 19.2 Å². The highest BCUT2D eigenvalue weighted by Gasteiger charge is 2.56. The minimum absolute atomic E-state index is 0.00623. The highest BCUT2D eigenvalue weighted by atomic mass is 35.5. The van der Waals surface area contributed by atoms with E-state index < -0.39 is 23.7 Å². The number of benzene rings is 2. The number of ketones is 2. The Morgan fingerprint density at radius 1 is 1.02 bits per heavy atom. The second-order valence-corrected chi connectivity index (χ2v) is 11.0. The lowest BCUT2D eigenvalue weighted by Gasteiger charge is -2.41. The first-order chi connectivity index (χ1) is 19.2. The Balaban J connectivity index is 1.42. The second kappa shape index (κ2) is 9.75. The van der Waals surface area contributed by atoms with Gasteiger partial charge in [0.15, 0.2) is 23.1 Å². The number of rotatable bonds is 4. The SMILES string of the molecule is COc1cc(C=CC2C3=CCC4C(=O)N(c5ccc(Cl)cc5)C(=O)C4C3CC3=C2C(=O)C=C(C)C3=O)ccc1O. The van der Waals surface area contributed by atoms with Gasteiger partial charge in [-0.15, -0.1) is 0 Å². The Kier molecular flexibility index (Phi) is 6.34. The Morgan fingerprint density at radius 2 is 1.77 bits per heavy atom. The Labute approximate surface area is 236 Å². The molecular weight excluding hydrogens is 530 g/mol. The molecule has 1 fully saturated rings. The van der Waals surface area contributed by atoms with Crippen molar-refractivity contribution in [3.05, 3.63) is 93.6 Å². The summed E-state index contributed by atoms with van der Waals surface area (Å²) in [6.07, 6.45) is 7.62. The molecule has 0 radical (unpaired) electrons. The van der Waals surface area contributed by atoms with Gasteiger partial charge in [-0.05, 0) is 73.7 Å². The summed E-state index contributed by atoms with van der Waals surface area (Å²) in [5.74, 6) is -2.81. The number of aromatic hydroxyl groups is 1. The molecular formula is C32H26ClNO6. The number of anilines is 1. The number of amides is 2. The minimum atomic E-state index is -0.643. The lowest BCUT2D eigenvalue weighted by molar-refractivity contribution is -0.123. The number of imide groups is 1. The van der Waals surface area contributed by atoms with Gasteiger partial charge in [-0.25, -0.2) is 0 Å². The molecule has 4 unspecified atom stereocenters. The van der Waals surface area contributed by atoms with Gasteiger partial charge >= 0.3 is 0 Å². The normalized spacial score (nSPS) is 26.0. The van der Waals surface area contributed by atoms with Gasteiger partial charge in [-0.1, -0.05) is 41.5 Å². The van der Waals surface area contributed by atoms with E-state index in [1.807, 2.05) is 18.2 Å². The van der Waals surface area contributed by atoms with Crippen LogP contribution in [0.15, 0.2) is 83.0 Å². The average molecular weight is 556 g/mol. The number of fused-ring (bicyclic) bond motifs is 3. The molecule has 3 aliphatic carbocycles. The molecule has 8 heteroatoms. The molecule has 202 valence electrons. The molecule has 0 spiro atoms. The molecule has 1 heterocycles. The highest BCUT2D eigenvalue weighted by Crippen LogP contribution is 2.53. The second-order valence-electron chi connectivity index (χ2n) is 10.6. The van der Waals surface area contributed by atoms with Crippen molar-refractivity contribution in [3.8, 4) is 11.5 Å². The first-order valence-corrected chi connectivity index (χ1v) is 13.5. The number of hydrogen-bond acceptors (Lipinski definition) is 6. The van der Waals surface area contributed by atoms with Crippen molar-refractivity contribution in [2.45, 2.75) is 19.8 Å². The lowest BCUT2D eigenvalue weighted by atomic mass is 9.60. The maximum atomic E-state index is 13.9. The van der Waals surface area contributed by atoms with Crippen LogP contribution >= 0.6 is 11.6 Å². The number of Topliss-reactive ketones (excluding diaryl/α,β-unsaturated/α-hetero) is 1. The molecule has 2 aromatic rings. The summed E-state index contributed by atoms with van der Waals surface area (Å²) in [6, 6.07) is 11.5. The zero-order valence-electron chi connectivity index (χ0n) is 21.9. The van der Waals surface area contributed by atoms with Crippen molar-refractivity contribution in [2.24, 2.45) is 23.7 Å². The van der Waals surface area contributed by atoms with E-state index in [1.54, 1.807) is 43.3 Å². The molecule has 2 amide bonds. The van der Waals surface area contributed by atoms with Gasteiger partial charge in [0.25, 0.3) is 0 Å². The van der Waals surface area contributed by atoms with Crippen LogP contribution in [0.5, 0.6) is 11.5 Å². The van der Waals surface area contributed by atoms with Crippen LogP contribution < -0.4 is 9.64 Å². The fourth-order valence-electron chi connectivity index (χ4n) is 6.51. The molecule has 2 aromatic carbocycles. The smallest absolute Gasteiger partial charge is 0.238 e. The number of methoxy groups -OCH3 is 1. The number of ether oxygens (including phenoxy) is 1. The number of carbonyl (C=O) groups excluding carboxylic acids is 4. The fraction of sp³-hybridized carbons (Fsp3) is 0.250. The molecule has 0 saturated carbocycles. The number of hydrogen-bond donors (Lipinski definition) is 1. The van der Waals surface area contributed by atoms with Crippen molar-refractivity contribution >= 4 is 46.7 Å². The molecule has 4 atom stereocenters. The van der Waals surface area contributed by atoms with E-state index in [2.05, 4.69) is 0 Å². The monoisotopic (exact) mass is 555 g/mol. The van der Waals surface area contributed by atoms with Crippen molar-refractivity contribution < 1.29 is 29.0 Å². The summed E-state index contributed by atoms with van der Waals surface area (Å²) in [5, 5.41) is 10.5. The molecule has 40 heavy (non-hydrogen) atoms. The summed E-state index contributed by atoms with van der Waals surface area (Å²) < 4.78 is 5.22. The van der Waals surface area contributed by atoms with Gasteiger partial charge in [0.1, 0.15) is 0 Å². The topological polar surface area (TPSA) is 101 Å². The number of nitrogens with zero attached hydrogens (tertiary/aromatic N) is 1. The van der Waals surface area contributed by atoms with E-state index in [0.717, 1.165) is 11.1 Å². The standard InChI is InChI=1S/C32H26ClNO6/c1-16-13-26(36)28-21(9-3-17-4-12-25(35)27(14-17)40-2)20-10-11-22-29(23(20)15-24(28)30(16)37)32(39)34(31(22)38)19-7-5-18(33)6-8-19/h3-10,12-14,21-23,29,35H,11,15H2,1-2H3. The summed E-state index contributed by atoms with van der Waals surface area (Å²) in [4.78, 5) is 55.2. The van der Waals surface area contributed by atoms with Crippen LogP contribution in [0, 0.1) is 23.7 Å². The molecule has 4 aliphatic rings. The Hall–Kier alpha value is -4.23. The van der Waals surface area contributed by atoms with Gasteiger partial charge < -0.3 is 9.84 Å². The summed E-state index contributed by atoms with van der Waals surface area (Å²) in [6.45, 7) is 1.62. The minimum Gasteiger partial charge on any atom is -0.504 e. The van der Waals surface area contributed by atoms with E-state index in [1.165, 1.54) is 24.2 Å². The molecule has 6 rings (SSSR count). The molecule has 0 aromatic heterocycles. The van der Waals surface area contributed by atoms with Crippen LogP contribution in [0.1, 0.15) is 25.3 Å². The third-order valence-electron chi connectivity index (χ3n) is 8.38. The predicted octanol–water partition coefficient (Wildman–Crippen LogP) is 5.23. The first-order valence-electron chi connectivity index (χ1n) is 13.1. The van der Waals surface area contributed by atoms with Crippen LogP contribution in [0.4, 0.5) is 5.69 Å². The van der Waals surface area contributed by atoms with Gasteiger partial charge in [-0.3, -0.25) is 24.1 Å². The maximum absolute atomic E-state index is 13.9. The zero-order valence-corrected chi connectivity index (χ0v) is 22.6. The Bertz CT molecular complexity index is 1610. The first kappa shape index (κ1) is 26.0. The fourth-order valence-corrected chi connectivity index (χ4v) is 6.64. The highest BCUT2D eigenvalue weighted by molar-refractivity contribution is 6.31. The summed E-state index contributed by atoms with van der Waals surface area (Å²) in [5.41, 5.74) is 3.27. The van der Waals surface area contributed by atoms with E-state index in [9.17, 15) is 24.3 Å². The van der Waals surface area contributed by atoms with Crippen LogP contribution in [-0.4, -0.2) is 35.6 Å². The summed E-state index contributed by atoms with van der Waals surface area (Å²) in [7, 11) is 1.46. The number of phenols is 1. The molecule has 1 saturated heterocycles. The molecule has 7 nitrogen and oxygen atoms in total. The van der Waals surface area contributed by atoms with E-state index in [4.69, 9.17) is 16.3 Å². The number of halogens is 1. The third-order valence-corrected chi connectivity index (χ3v) is 8.63. The lowest BCUT2D eigenvalue weighted by Crippen LogP contribution is -2.40. The van der Waals surface area contributed by atoms with Gasteiger partial charge in [0.2, 0.25) is 11.8 Å². The van der Waals surface area contributed by atoms with E-state index >= 15 is 0 Å². The Morgan fingerprint density at radius 3 is 2.50 bits per heavy atom. The maximum Gasteiger partial charge on any atom is 0.238 e. The van der Waals surface area contributed by atoms with Gasteiger partial charge in [-0.2, -0.15) is 0 Å². The van der Waals surface area contributed by atoms with Crippen LogP contribution in [0.25, 0.3) is 6.08 Å². The average Bonchev–Trinajstić information content (AvgIpc) is 3.20. The van der Waals surface area contributed by atoms with Crippen LogP contribution in [0.2, 0.25) is 5.02 Å². The van der Waals surface area contributed by atoms with Crippen LogP contribution in [0.3, 0.4) is 0 Å². The number of phenolic OH excluding ortho intramolecular Hbond substituents is 1. The largest absolute Gasteiger partial charge is 0.504 e. The van der Waals surface area contributed by atoms with Crippen molar-refractivity contribution in [1.82, 2.24) is 0 Å². The quantitative estimate of drug-likeness (QED) is 0.315. The third kappa shape index (κ3) is 4.04. The zero-order chi connectivity index (χ0) is 28.3. The van der Waals surface area contributed by atoms with Crippen molar-refractivity contribution in [3.63, 3.8) is 0 Å². The number of carbonyl (C=O) groups is 4. The van der Waals surface area contributed by atoms with E-state index in [-0.39, 0.29) is 35.6 Å². The van der Waals surface area contributed by atoms with Gasteiger partial charge in [0, 0.05) is 27.7 Å². The molecule has 1 N–H and O–H groups in total. The van der Waals surface area contributed by atoms with Crippen molar-refractivity contribution in [2.75, 3.05) is 12.0 Å². The van der Waals surface area contributed by atoms with Gasteiger partial charge in [0.05, 0.1) is 24.6 Å². The number of allylic oxidation sites excluding steroid dienone is 7. The molecule has 0 bridgehead atoms. The summed E-state index contributed by atoms with van der Waals surface area (Å²) >= 11 is 6.03. The predicted molar refractivity (Wildman–Crippen MR) is 150 cm³/mol. The van der Waals surface area contributed by atoms with Crippen molar-refractivity contribution in [1.29, 1.82) is 0 Å². The van der Waals surface area contributed by atoms with E-state index in [0.29, 0.717) is 39.6 Å². The molecule has 1 aliphatic heterocycles.